The minimum Gasteiger partial charge on any atom is -0.419 e. The average molecular weight is 239 g/mol. The van der Waals surface area contributed by atoms with Gasteiger partial charge in [0.25, 0.3) is 0 Å². The molecule has 0 radical (unpaired) electrons. The normalized spacial score (nSPS) is 9.78. The molecule has 0 amide bonds. The maximum Gasteiger partial charge on any atom is 0.232 e. The summed E-state index contributed by atoms with van der Waals surface area (Å²) < 4.78 is 5.58. The lowest BCUT2D eigenvalue weighted by Crippen LogP contribution is -1.97. The molecule has 1 aromatic heterocycles. The lowest BCUT2D eigenvalue weighted by molar-refractivity contribution is 0.587. The second-order valence-electron chi connectivity index (χ2n) is 3.79. The van der Waals surface area contributed by atoms with Crippen molar-refractivity contribution >= 4 is 5.88 Å². The molecule has 0 spiro atoms. The van der Waals surface area contributed by atoms with E-state index in [9.17, 15) is 0 Å². The number of oxazole rings is 1. The molecule has 0 fully saturated rings. The molecule has 0 saturated carbocycles. The predicted molar refractivity (Wildman–Crippen MR) is 70.1 cm³/mol. The monoisotopic (exact) mass is 239 g/mol. The van der Waals surface area contributed by atoms with Crippen LogP contribution in [0.4, 0.5) is 5.88 Å². The van der Waals surface area contributed by atoms with Crippen LogP contribution in [0.3, 0.4) is 0 Å². The summed E-state index contributed by atoms with van der Waals surface area (Å²) in [7, 11) is 0. The van der Waals surface area contributed by atoms with E-state index in [0.717, 1.165) is 11.1 Å². The molecule has 4 heteroatoms. The van der Waals surface area contributed by atoms with Gasteiger partial charge in [0.1, 0.15) is 6.07 Å². The van der Waals surface area contributed by atoms with Gasteiger partial charge in [-0.25, -0.2) is 0 Å². The molecule has 90 valence electrons. The molecule has 1 N–H and O–H groups in total. The molecule has 18 heavy (non-hydrogen) atoms. The van der Waals surface area contributed by atoms with E-state index in [-0.39, 0.29) is 5.69 Å². The van der Waals surface area contributed by atoms with Gasteiger partial charge in [-0.05, 0) is 18.6 Å². The van der Waals surface area contributed by atoms with Gasteiger partial charge in [-0.2, -0.15) is 10.2 Å². The minimum absolute atomic E-state index is 0.259. The predicted octanol–water partition coefficient (Wildman–Crippen LogP) is 3.12. The van der Waals surface area contributed by atoms with Crippen molar-refractivity contribution in [1.82, 2.24) is 4.98 Å². The molecule has 1 heterocycles. The number of nitrogens with zero attached hydrogens (tertiary/aromatic N) is 2. The SMILES string of the molecule is C=CCNc1oc(-c2ccccc2C)nc1C#N. The summed E-state index contributed by atoms with van der Waals surface area (Å²) in [5, 5.41) is 12.0. The number of rotatable bonds is 4. The summed E-state index contributed by atoms with van der Waals surface area (Å²) in [6.45, 7) is 6.10. The molecule has 0 aliphatic carbocycles. The van der Waals surface area contributed by atoms with E-state index in [0.29, 0.717) is 18.3 Å². The summed E-state index contributed by atoms with van der Waals surface area (Å²) in [6, 6.07) is 9.76. The maximum atomic E-state index is 9.01. The number of nitriles is 1. The Labute approximate surface area is 106 Å². The Bertz CT molecular complexity index is 608. The fraction of sp³-hybridized carbons (Fsp3) is 0.143. The zero-order chi connectivity index (χ0) is 13.0. The highest BCUT2D eigenvalue weighted by atomic mass is 16.4. The van der Waals surface area contributed by atoms with E-state index >= 15 is 0 Å². The van der Waals surface area contributed by atoms with Crippen LogP contribution in [0, 0.1) is 18.3 Å². The smallest absolute Gasteiger partial charge is 0.232 e. The van der Waals surface area contributed by atoms with E-state index in [1.165, 1.54) is 0 Å². The lowest BCUT2D eigenvalue weighted by atomic mass is 10.1. The molecule has 0 aliphatic heterocycles. The zero-order valence-electron chi connectivity index (χ0n) is 10.1. The van der Waals surface area contributed by atoms with Crippen molar-refractivity contribution in [2.45, 2.75) is 6.92 Å². The molecule has 2 rings (SSSR count). The summed E-state index contributed by atoms with van der Waals surface area (Å²) in [4.78, 5) is 4.19. The van der Waals surface area contributed by atoms with Crippen LogP contribution < -0.4 is 5.32 Å². The van der Waals surface area contributed by atoms with Gasteiger partial charge >= 0.3 is 0 Å². The van der Waals surface area contributed by atoms with Gasteiger partial charge in [-0.3, -0.25) is 0 Å². The Morgan fingerprint density at radius 3 is 2.94 bits per heavy atom. The van der Waals surface area contributed by atoms with Crippen LogP contribution in [-0.2, 0) is 0 Å². The Hall–Kier alpha value is -2.54. The van der Waals surface area contributed by atoms with Gasteiger partial charge in [-0.15, -0.1) is 6.58 Å². The van der Waals surface area contributed by atoms with E-state index in [1.54, 1.807) is 6.08 Å². The van der Waals surface area contributed by atoms with Gasteiger partial charge in [0.05, 0.1) is 0 Å². The van der Waals surface area contributed by atoms with Crippen LogP contribution in [0.2, 0.25) is 0 Å². The van der Waals surface area contributed by atoms with Gasteiger partial charge in [0.2, 0.25) is 17.5 Å². The molecule has 0 saturated heterocycles. The number of hydrogen-bond acceptors (Lipinski definition) is 4. The fourth-order valence-electron chi connectivity index (χ4n) is 1.61. The van der Waals surface area contributed by atoms with E-state index in [2.05, 4.69) is 16.9 Å². The Morgan fingerprint density at radius 2 is 2.28 bits per heavy atom. The largest absolute Gasteiger partial charge is 0.419 e. The van der Waals surface area contributed by atoms with Crippen LogP contribution in [0.1, 0.15) is 11.3 Å². The Kier molecular flexibility index (Phi) is 3.44. The summed E-state index contributed by atoms with van der Waals surface area (Å²) in [6.07, 6.45) is 1.69. The Balaban J connectivity index is 2.42. The van der Waals surface area contributed by atoms with Crippen LogP contribution in [0.15, 0.2) is 41.3 Å². The molecule has 4 nitrogen and oxygen atoms in total. The first kappa shape index (κ1) is 11.9. The first-order valence-electron chi connectivity index (χ1n) is 5.58. The second kappa shape index (κ2) is 5.19. The van der Waals surface area contributed by atoms with Gasteiger partial charge < -0.3 is 9.73 Å². The highest BCUT2D eigenvalue weighted by Gasteiger charge is 2.14. The first-order valence-corrected chi connectivity index (χ1v) is 5.58. The number of aromatic nitrogens is 1. The molecule has 0 atom stereocenters. The highest BCUT2D eigenvalue weighted by molar-refractivity contribution is 5.62. The molecular weight excluding hydrogens is 226 g/mol. The number of aryl methyl sites for hydroxylation is 1. The lowest BCUT2D eigenvalue weighted by Gasteiger charge is -2.00. The van der Waals surface area contributed by atoms with Crippen molar-refractivity contribution in [3.63, 3.8) is 0 Å². The third-order valence-corrected chi connectivity index (χ3v) is 2.52. The van der Waals surface area contributed by atoms with Crippen LogP contribution in [-0.4, -0.2) is 11.5 Å². The number of hydrogen-bond donors (Lipinski definition) is 1. The minimum atomic E-state index is 0.259. The fourth-order valence-corrected chi connectivity index (χ4v) is 1.61. The average Bonchev–Trinajstić information content (AvgIpc) is 2.80. The number of benzene rings is 1. The van der Waals surface area contributed by atoms with E-state index < -0.39 is 0 Å². The second-order valence-corrected chi connectivity index (χ2v) is 3.79. The third-order valence-electron chi connectivity index (χ3n) is 2.52. The topological polar surface area (TPSA) is 61.9 Å². The highest BCUT2D eigenvalue weighted by Crippen LogP contribution is 2.27. The van der Waals surface area contributed by atoms with Gasteiger partial charge in [0, 0.05) is 12.1 Å². The summed E-state index contributed by atoms with van der Waals surface area (Å²) >= 11 is 0. The number of nitrogens with one attached hydrogen (secondary N) is 1. The summed E-state index contributed by atoms with van der Waals surface area (Å²) in [5.41, 5.74) is 2.20. The Morgan fingerprint density at radius 1 is 1.50 bits per heavy atom. The molecule has 0 unspecified atom stereocenters. The van der Waals surface area contributed by atoms with Crippen molar-refractivity contribution in [3.8, 4) is 17.5 Å². The van der Waals surface area contributed by atoms with Crippen molar-refractivity contribution in [2.24, 2.45) is 0 Å². The van der Waals surface area contributed by atoms with Crippen molar-refractivity contribution in [1.29, 1.82) is 5.26 Å². The molecule has 0 aliphatic rings. The van der Waals surface area contributed by atoms with Crippen molar-refractivity contribution in [3.05, 3.63) is 48.2 Å². The molecule has 1 aromatic carbocycles. The number of anilines is 1. The van der Waals surface area contributed by atoms with Crippen LogP contribution >= 0.6 is 0 Å². The molecule has 2 aromatic rings. The molecular formula is C14H13N3O. The maximum absolute atomic E-state index is 9.01. The molecule has 0 bridgehead atoms. The third kappa shape index (κ3) is 2.25. The van der Waals surface area contributed by atoms with E-state index in [4.69, 9.17) is 9.68 Å². The summed E-state index contributed by atoms with van der Waals surface area (Å²) in [5.74, 6) is 0.840. The van der Waals surface area contributed by atoms with Crippen molar-refractivity contribution in [2.75, 3.05) is 11.9 Å². The van der Waals surface area contributed by atoms with Gasteiger partial charge in [0.15, 0.2) is 0 Å². The van der Waals surface area contributed by atoms with Gasteiger partial charge in [-0.1, -0.05) is 24.3 Å². The van der Waals surface area contributed by atoms with Crippen LogP contribution in [0.5, 0.6) is 0 Å². The first-order chi connectivity index (χ1) is 8.76. The van der Waals surface area contributed by atoms with Crippen LogP contribution in [0.25, 0.3) is 11.5 Å². The van der Waals surface area contributed by atoms with E-state index in [1.807, 2.05) is 37.3 Å². The van der Waals surface area contributed by atoms with Crippen molar-refractivity contribution < 1.29 is 4.42 Å². The standard InChI is InChI=1S/C14H13N3O/c1-3-8-16-14-12(9-15)17-13(18-14)11-7-5-4-6-10(11)2/h3-7,16H,1,8H2,2H3. The zero-order valence-corrected chi connectivity index (χ0v) is 10.1. The quantitative estimate of drug-likeness (QED) is 0.833.